The molecular weight excluding hydrogens is 286 g/mol. The average molecular weight is 299 g/mol. The van der Waals surface area contributed by atoms with Crippen LogP contribution >= 0.6 is 11.3 Å². The van der Waals surface area contributed by atoms with Gasteiger partial charge in [0, 0.05) is 23.3 Å². The zero-order valence-corrected chi connectivity index (χ0v) is 12.0. The molecule has 0 amide bonds. The first-order chi connectivity index (χ1) is 10.4. The predicted molar refractivity (Wildman–Crippen MR) is 78.8 cm³/mol. The minimum atomic E-state index is 0.485. The highest BCUT2D eigenvalue weighted by atomic mass is 32.1. The summed E-state index contributed by atoms with van der Waals surface area (Å²) < 4.78 is 1.91. The maximum absolute atomic E-state index is 4.56. The Bertz CT molecular complexity index is 732. The highest BCUT2D eigenvalue weighted by molar-refractivity contribution is 7.14. The van der Waals surface area contributed by atoms with Crippen molar-refractivity contribution in [3.05, 3.63) is 35.7 Å². The molecule has 1 N–H and O–H groups in total. The average Bonchev–Trinajstić information content (AvgIpc) is 3.09. The molecule has 0 saturated heterocycles. The van der Waals surface area contributed by atoms with E-state index < -0.39 is 0 Å². The van der Waals surface area contributed by atoms with E-state index in [-0.39, 0.29) is 0 Å². The van der Waals surface area contributed by atoms with Crippen LogP contribution in [0.4, 0.5) is 5.13 Å². The summed E-state index contributed by atoms with van der Waals surface area (Å²) in [6.07, 6.45) is 5.90. The minimum Gasteiger partial charge on any atom is -0.354 e. The maximum atomic E-state index is 4.56. The second kappa shape index (κ2) is 5.21. The van der Waals surface area contributed by atoms with E-state index in [1.165, 1.54) is 12.8 Å². The molecule has 0 radical (unpaired) electrons. The van der Waals surface area contributed by atoms with E-state index in [1.54, 1.807) is 17.5 Å². The molecule has 0 aromatic carbocycles. The summed E-state index contributed by atoms with van der Waals surface area (Å²) in [5.41, 5.74) is 1.95. The number of aromatic nitrogens is 6. The fraction of sp³-hybridized carbons (Fsp3) is 0.308. The first-order valence-electron chi connectivity index (χ1n) is 6.77. The number of rotatable bonds is 5. The third-order valence-electron chi connectivity index (χ3n) is 3.31. The van der Waals surface area contributed by atoms with Crippen LogP contribution in [-0.4, -0.2) is 30.2 Å². The van der Waals surface area contributed by atoms with Crippen molar-refractivity contribution < 1.29 is 0 Å². The fourth-order valence-electron chi connectivity index (χ4n) is 2.09. The van der Waals surface area contributed by atoms with Gasteiger partial charge in [-0.1, -0.05) is 0 Å². The van der Waals surface area contributed by atoms with Gasteiger partial charge in [0.2, 0.25) is 0 Å². The molecular formula is C13H13N7S. The van der Waals surface area contributed by atoms with Gasteiger partial charge in [-0.3, -0.25) is 4.98 Å². The molecule has 1 fully saturated rings. The molecule has 0 atom stereocenters. The normalized spacial score (nSPS) is 14.3. The van der Waals surface area contributed by atoms with Crippen molar-refractivity contribution in [1.82, 2.24) is 30.2 Å². The lowest BCUT2D eigenvalue weighted by Crippen LogP contribution is -2.08. The van der Waals surface area contributed by atoms with Gasteiger partial charge in [0.05, 0.1) is 18.3 Å². The van der Waals surface area contributed by atoms with Gasteiger partial charge < -0.3 is 5.32 Å². The highest BCUT2D eigenvalue weighted by Crippen LogP contribution is 2.34. The van der Waals surface area contributed by atoms with E-state index in [1.807, 2.05) is 28.4 Å². The van der Waals surface area contributed by atoms with Gasteiger partial charge in [-0.2, -0.15) is 0 Å². The van der Waals surface area contributed by atoms with Gasteiger partial charge in [-0.25, -0.2) is 9.67 Å². The molecule has 0 spiro atoms. The van der Waals surface area contributed by atoms with Crippen LogP contribution in [0, 0.1) is 0 Å². The minimum absolute atomic E-state index is 0.485. The van der Waals surface area contributed by atoms with Crippen LogP contribution in [0.3, 0.4) is 0 Å². The molecule has 0 aliphatic heterocycles. The quantitative estimate of drug-likeness (QED) is 0.777. The topological polar surface area (TPSA) is 81.4 Å². The number of nitrogens with zero attached hydrogens (tertiary/aromatic N) is 6. The van der Waals surface area contributed by atoms with Crippen molar-refractivity contribution in [2.75, 3.05) is 5.32 Å². The van der Waals surface area contributed by atoms with Crippen molar-refractivity contribution in [1.29, 1.82) is 0 Å². The Morgan fingerprint density at radius 3 is 3.14 bits per heavy atom. The van der Waals surface area contributed by atoms with E-state index in [2.05, 4.69) is 30.8 Å². The van der Waals surface area contributed by atoms with Crippen LogP contribution in [0.1, 0.15) is 24.7 Å². The number of thiazole rings is 1. The van der Waals surface area contributed by atoms with E-state index in [0.29, 0.717) is 12.6 Å². The van der Waals surface area contributed by atoms with Gasteiger partial charge in [-0.05, 0) is 35.4 Å². The largest absolute Gasteiger partial charge is 0.354 e. The molecule has 3 aromatic heterocycles. The Labute approximate surface area is 125 Å². The molecule has 1 saturated carbocycles. The molecule has 4 rings (SSSR count). The third-order valence-corrected chi connectivity index (χ3v) is 4.11. The zero-order chi connectivity index (χ0) is 14.1. The van der Waals surface area contributed by atoms with Gasteiger partial charge in [0.25, 0.3) is 0 Å². The van der Waals surface area contributed by atoms with Crippen LogP contribution in [0.25, 0.3) is 11.3 Å². The summed E-state index contributed by atoms with van der Waals surface area (Å²) >= 11 is 1.57. The Balaban J connectivity index is 1.46. The predicted octanol–water partition coefficient (Wildman–Crippen LogP) is 2.14. The lowest BCUT2D eigenvalue weighted by Gasteiger charge is -2.03. The Morgan fingerprint density at radius 2 is 2.33 bits per heavy atom. The molecule has 3 aromatic rings. The number of anilines is 1. The van der Waals surface area contributed by atoms with Gasteiger partial charge in [-0.15, -0.1) is 16.4 Å². The number of pyridine rings is 1. The van der Waals surface area contributed by atoms with E-state index in [0.717, 1.165) is 22.2 Å². The van der Waals surface area contributed by atoms with Crippen molar-refractivity contribution in [2.45, 2.75) is 25.4 Å². The lowest BCUT2D eigenvalue weighted by molar-refractivity contribution is 0.586. The molecule has 1 aliphatic carbocycles. The number of hydrogen-bond acceptors (Lipinski definition) is 7. The zero-order valence-electron chi connectivity index (χ0n) is 11.2. The summed E-state index contributed by atoms with van der Waals surface area (Å²) in [5, 5.41) is 18.0. The summed E-state index contributed by atoms with van der Waals surface area (Å²) in [4.78, 5) is 8.67. The van der Waals surface area contributed by atoms with Gasteiger partial charge in [0.1, 0.15) is 0 Å². The first-order valence-corrected chi connectivity index (χ1v) is 7.64. The van der Waals surface area contributed by atoms with Crippen LogP contribution in [0.5, 0.6) is 0 Å². The Hall–Kier alpha value is -2.35. The first kappa shape index (κ1) is 12.4. The Kier molecular flexibility index (Phi) is 3.07. The van der Waals surface area contributed by atoms with Crippen molar-refractivity contribution in [3.8, 4) is 11.3 Å². The number of nitrogens with one attached hydrogen (secondary N) is 1. The molecule has 3 heterocycles. The smallest absolute Gasteiger partial charge is 0.183 e. The SMILES string of the molecule is c1cncc(-c2csc(NCc3nnnn3C3CC3)n2)c1. The molecule has 21 heavy (non-hydrogen) atoms. The third kappa shape index (κ3) is 2.62. The number of hydrogen-bond donors (Lipinski definition) is 1. The van der Waals surface area contributed by atoms with E-state index in [9.17, 15) is 0 Å². The van der Waals surface area contributed by atoms with Crippen LogP contribution < -0.4 is 5.32 Å². The molecule has 7 nitrogen and oxygen atoms in total. The second-order valence-electron chi connectivity index (χ2n) is 4.90. The van der Waals surface area contributed by atoms with Crippen molar-refractivity contribution >= 4 is 16.5 Å². The van der Waals surface area contributed by atoms with Gasteiger partial charge in [0.15, 0.2) is 11.0 Å². The molecule has 0 unspecified atom stereocenters. The maximum Gasteiger partial charge on any atom is 0.183 e. The molecule has 106 valence electrons. The van der Waals surface area contributed by atoms with Crippen molar-refractivity contribution in [2.24, 2.45) is 0 Å². The van der Waals surface area contributed by atoms with Crippen LogP contribution in [-0.2, 0) is 6.54 Å². The van der Waals surface area contributed by atoms with Crippen LogP contribution in [0.2, 0.25) is 0 Å². The molecule has 8 heteroatoms. The van der Waals surface area contributed by atoms with E-state index >= 15 is 0 Å². The highest BCUT2D eigenvalue weighted by Gasteiger charge is 2.27. The summed E-state index contributed by atoms with van der Waals surface area (Å²) in [6, 6.07) is 4.39. The van der Waals surface area contributed by atoms with Crippen LogP contribution in [0.15, 0.2) is 29.9 Å². The lowest BCUT2D eigenvalue weighted by atomic mass is 10.2. The Morgan fingerprint density at radius 1 is 1.38 bits per heavy atom. The summed E-state index contributed by atoms with van der Waals surface area (Å²) in [7, 11) is 0. The number of tetrazole rings is 1. The van der Waals surface area contributed by atoms with Crippen molar-refractivity contribution in [3.63, 3.8) is 0 Å². The summed E-state index contributed by atoms with van der Waals surface area (Å²) in [6.45, 7) is 0.587. The standard InChI is InChI=1S/C13H13N7S/c1-2-9(6-14-5-1)11-8-21-13(16-11)15-7-12-17-18-19-20(12)10-3-4-10/h1-2,5-6,8,10H,3-4,7H2,(H,15,16). The van der Waals surface area contributed by atoms with E-state index in [4.69, 9.17) is 0 Å². The van der Waals surface area contributed by atoms with Gasteiger partial charge >= 0.3 is 0 Å². The molecule has 0 bridgehead atoms. The second-order valence-corrected chi connectivity index (χ2v) is 5.76. The monoisotopic (exact) mass is 299 g/mol. The molecule has 1 aliphatic rings. The summed E-state index contributed by atoms with van der Waals surface area (Å²) in [5.74, 6) is 0.857. The fourth-order valence-corrected chi connectivity index (χ4v) is 2.81.